The SMILES string of the molecule is CN(C)C(=O)NCCNC(=O)COc1ccc(N)cc1. The van der Waals surface area contributed by atoms with Crippen molar-refractivity contribution < 1.29 is 14.3 Å². The number of benzene rings is 1. The first-order valence-corrected chi connectivity index (χ1v) is 6.19. The van der Waals surface area contributed by atoms with Gasteiger partial charge in [-0.25, -0.2) is 4.79 Å². The van der Waals surface area contributed by atoms with E-state index in [0.29, 0.717) is 24.5 Å². The monoisotopic (exact) mass is 280 g/mol. The minimum Gasteiger partial charge on any atom is -0.484 e. The van der Waals surface area contributed by atoms with Crippen molar-refractivity contribution in [3.8, 4) is 5.75 Å². The van der Waals surface area contributed by atoms with Crippen molar-refractivity contribution in [1.29, 1.82) is 0 Å². The highest BCUT2D eigenvalue weighted by Gasteiger charge is 2.04. The van der Waals surface area contributed by atoms with Crippen molar-refractivity contribution in [1.82, 2.24) is 15.5 Å². The van der Waals surface area contributed by atoms with E-state index in [1.54, 1.807) is 38.4 Å². The second-order valence-corrected chi connectivity index (χ2v) is 4.33. The van der Waals surface area contributed by atoms with Crippen LogP contribution < -0.4 is 21.1 Å². The first-order chi connectivity index (χ1) is 9.49. The lowest BCUT2D eigenvalue weighted by molar-refractivity contribution is -0.123. The fourth-order valence-corrected chi connectivity index (χ4v) is 1.29. The van der Waals surface area contributed by atoms with Gasteiger partial charge in [-0.3, -0.25) is 4.79 Å². The Labute approximate surface area is 118 Å². The summed E-state index contributed by atoms with van der Waals surface area (Å²) in [5.41, 5.74) is 6.17. The number of hydrogen-bond donors (Lipinski definition) is 3. The number of nitrogens with zero attached hydrogens (tertiary/aromatic N) is 1. The molecule has 0 bridgehead atoms. The van der Waals surface area contributed by atoms with Gasteiger partial charge in [0.25, 0.3) is 5.91 Å². The van der Waals surface area contributed by atoms with E-state index in [-0.39, 0.29) is 18.5 Å². The Balaban J connectivity index is 2.14. The summed E-state index contributed by atoms with van der Waals surface area (Å²) in [6.07, 6.45) is 0. The number of rotatable bonds is 6. The molecule has 0 atom stereocenters. The minimum atomic E-state index is -0.249. The Hall–Kier alpha value is -2.44. The van der Waals surface area contributed by atoms with E-state index in [1.165, 1.54) is 4.90 Å². The summed E-state index contributed by atoms with van der Waals surface area (Å²) in [7, 11) is 3.29. The highest BCUT2D eigenvalue weighted by Crippen LogP contribution is 2.12. The number of carbonyl (C=O) groups excluding carboxylic acids is 2. The molecular formula is C13H20N4O3. The number of anilines is 1. The lowest BCUT2D eigenvalue weighted by Gasteiger charge is -2.12. The Bertz CT molecular complexity index is 445. The number of amides is 3. The van der Waals surface area contributed by atoms with E-state index >= 15 is 0 Å². The van der Waals surface area contributed by atoms with Gasteiger partial charge >= 0.3 is 6.03 Å². The largest absolute Gasteiger partial charge is 0.484 e. The van der Waals surface area contributed by atoms with Crippen LogP contribution in [0.1, 0.15) is 0 Å². The molecule has 0 heterocycles. The lowest BCUT2D eigenvalue weighted by atomic mass is 10.3. The average Bonchev–Trinajstić information content (AvgIpc) is 2.42. The molecule has 1 aromatic rings. The maximum atomic E-state index is 11.5. The summed E-state index contributed by atoms with van der Waals surface area (Å²) in [5.74, 6) is 0.330. The van der Waals surface area contributed by atoms with Crippen molar-refractivity contribution in [2.24, 2.45) is 0 Å². The molecule has 7 heteroatoms. The molecule has 0 aliphatic carbocycles. The van der Waals surface area contributed by atoms with Crippen LogP contribution in [-0.4, -0.2) is 50.6 Å². The molecule has 1 aromatic carbocycles. The molecule has 0 radical (unpaired) electrons. The van der Waals surface area contributed by atoms with E-state index in [0.717, 1.165) is 0 Å². The maximum Gasteiger partial charge on any atom is 0.316 e. The van der Waals surface area contributed by atoms with Gasteiger partial charge in [0.15, 0.2) is 6.61 Å². The molecule has 4 N–H and O–H groups in total. The van der Waals surface area contributed by atoms with E-state index in [2.05, 4.69) is 10.6 Å². The number of hydrogen-bond acceptors (Lipinski definition) is 4. The number of carbonyl (C=O) groups is 2. The fourth-order valence-electron chi connectivity index (χ4n) is 1.29. The van der Waals surface area contributed by atoms with E-state index in [4.69, 9.17) is 10.5 Å². The molecule has 0 unspecified atom stereocenters. The van der Waals surface area contributed by atoms with Gasteiger partial charge in [-0.05, 0) is 24.3 Å². The maximum absolute atomic E-state index is 11.5. The minimum absolute atomic E-state index is 0.0778. The molecule has 0 aromatic heterocycles. The summed E-state index contributed by atoms with van der Waals surface area (Å²) in [6.45, 7) is 0.639. The van der Waals surface area contributed by atoms with Gasteiger partial charge in [0.1, 0.15) is 5.75 Å². The van der Waals surface area contributed by atoms with Crippen molar-refractivity contribution in [3.05, 3.63) is 24.3 Å². The topological polar surface area (TPSA) is 96.7 Å². The zero-order valence-electron chi connectivity index (χ0n) is 11.7. The molecule has 0 fully saturated rings. The lowest BCUT2D eigenvalue weighted by Crippen LogP contribution is -2.40. The molecule has 0 saturated heterocycles. The summed E-state index contributed by atoms with van der Waals surface area (Å²) < 4.78 is 5.28. The standard InChI is InChI=1S/C13H20N4O3/c1-17(2)13(19)16-8-7-15-12(18)9-20-11-5-3-10(14)4-6-11/h3-6H,7-9,14H2,1-2H3,(H,15,18)(H,16,19). The number of nitrogen functional groups attached to an aromatic ring is 1. The predicted molar refractivity (Wildman–Crippen MR) is 76.4 cm³/mol. The van der Waals surface area contributed by atoms with Crippen molar-refractivity contribution in [3.63, 3.8) is 0 Å². The molecule has 20 heavy (non-hydrogen) atoms. The Kier molecular flexibility index (Phi) is 6.15. The van der Waals surface area contributed by atoms with Crippen LogP contribution in [0.15, 0.2) is 24.3 Å². The van der Waals surface area contributed by atoms with E-state index in [9.17, 15) is 9.59 Å². The quantitative estimate of drug-likeness (QED) is 0.506. The summed E-state index contributed by atoms with van der Waals surface area (Å²) >= 11 is 0. The van der Waals surface area contributed by atoms with Gasteiger partial charge in [0.2, 0.25) is 0 Å². The Morgan fingerprint density at radius 1 is 1.15 bits per heavy atom. The molecule has 0 spiro atoms. The van der Waals surface area contributed by atoms with Gasteiger partial charge in [0, 0.05) is 32.9 Å². The molecule has 3 amide bonds. The third-order valence-corrected chi connectivity index (χ3v) is 2.38. The van der Waals surface area contributed by atoms with Crippen LogP contribution in [-0.2, 0) is 4.79 Å². The van der Waals surface area contributed by atoms with Crippen LogP contribution in [0.4, 0.5) is 10.5 Å². The zero-order chi connectivity index (χ0) is 15.0. The summed E-state index contributed by atoms with van der Waals surface area (Å²) in [4.78, 5) is 24.1. The van der Waals surface area contributed by atoms with Crippen molar-refractivity contribution >= 4 is 17.6 Å². The van der Waals surface area contributed by atoms with Crippen molar-refractivity contribution in [2.75, 3.05) is 39.5 Å². The van der Waals surface area contributed by atoms with E-state index in [1.807, 2.05) is 0 Å². The molecular weight excluding hydrogens is 260 g/mol. The van der Waals surface area contributed by atoms with Crippen LogP contribution in [0, 0.1) is 0 Å². The zero-order valence-corrected chi connectivity index (χ0v) is 11.7. The van der Waals surface area contributed by atoms with Crippen LogP contribution in [0.25, 0.3) is 0 Å². The van der Waals surface area contributed by atoms with Gasteiger partial charge in [-0.2, -0.15) is 0 Å². The molecule has 1 rings (SSSR count). The van der Waals surface area contributed by atoms with Crippen LogP contribution in [0.2, 0.25) is 0 Å². The Morgan fingerprint density at radius 2 is 1.75 bits per heavy atom. The number of urea groups is 1. The molecule has 0 aliphatic heterocycles. The van der Waals surface area contributed by atoms with Gasteiger partial charge in [0.05, 0.1) is 0 Å². The number of nitrogens with one attached hydrogen (secondary N) is 2. The van der Waals surface area contributed by atoms with Gasteiger partial charge < -0.3 is 26.0 Å². The van der Waals surface area contributed by atoms with Crippen LogP contribution >= 0.6 is 0 Å². The van der Waals surface area contributed by atoms with Gasteiger partial charge in [-0.15, -0.1) is 0 Å². The highest BCUT2D eigenvalue weighted by molar-refractivity contribution is 5.77. The number of ether oxygens (including phenoxy) is 1. The second-order valence-electron chi connectivity index (χ2n) is 4.33. The smallest absolute Gasteiger partial charge is 0.316 e. The normalized spacial score (nSPS) is 9.70. The summed E-state index contributed by atoms with van der Waals surface area (Å²) in [5, 5.41) is 5.27. The summed E-state index contributed by atoms with van der Waals surface area (Å²) in [6, 6.07) is 6.59. The first-order valence-electron chi connectivity index (χ1n) is 6.19. The molecule has 0 aliphatic rings. The number of nitrogens with two attached hydrogens (primary N) is 1. The van der Waals surface area contributed by atoms with Crippen LogP contribution in [0.5, 0.6) is 5.75 Å². The molecule has 7 nitrogen and oxygen atoms in total. The van der Waals surface area contributed by atoms with Gasteiger partial charge in [-0.1, -0.05) is 0 Å². The average molecular weight is 280 g/mol. The highest BCUT2D eigenvalue weighted by atomic mass is 16.5. The fraction of sp³-hybridized carbons (Fsp3) is 0.385. The second kappa shape index (κ2) is 7.88. The Morgan fingerprint density at radius 3 is 2.35 bits per heavy atom. The molecule has 110 valence electrons. The van der Waals surface area contributed by atoms with Crippen molar-refractivity contribution in [2.45, 2.75) is 0 Å². The first kappa shape index (κ1) is 15.6. The van der Waals surface area contributed by atoms with Crippen LogP contribution in [0.3, 0.4) is 0 Å². The molecule has 0 saturated carbocycles. The third kappa shape index (κ3) is 5.94. The predicted octanol–water partition coefficient (Wildman–Crippen LogP) is 0.0350. The van der Waals surface area contributed by atoms with E-state index < -0.39 is 0 Å². The third-order valence-electron chi connectivity index (χ3n) is 2.38.